The lowest BCUT2D eigenvalue weighted by Gasteiger charge is -2.14. The van der Waals surface area contributed by atoms with Gasteiger partial charge in [0.05, 0.1) is 4.88 Å². The van der Waals surface area contributed by atoms with Crippen LogP contribution in [-0.4, -0.2) is 11.9 Å². The highest BCUT2D eigenvalue weighted by atomic mass is 32.1. The largest absolute Gasteiger partial charge is 0.349 e. The molecule has 3 heteroatoms. The molecule has 122 valence electrons. The van der Waals surface area contributed by atoms with E-state index in [1.165, 1.54) is 16.9 Å². The first kappa shape index (κ1) is 16.5. The van der Waals surface area contributed by atoms with Crippen LogP contribution in [0.2, 0.25) is 0 Å². The number of thiophene rings is 1. The molecule has 0 unspecified atom stereocenters. The highest BCUT2D eigenvalue weighted by Crippen LogP contribution is 2.28. The zero-order valence-corrected chi connectivity index (χ0v) is 14.6. The van der Waals surface area contributed by atoms with Crippen molar-refractivity contribution in [3.8, 4) is 11.1 Å². The first-order chi connectivity index (χ1) is 11.7. The molecule has 1 heterocycles. The van der Waals surface area contributed by atoms with Gasteiger partial charge in [0.15, 0.2) is 0 Å². The third-order valence-electron chi connectivity index (χ3n) is 4.04. The van der Waals surface area contributed by atoms with E-state index in [1.807, 2.05) is 47.8 Å². The van der Waals surface area contributed by atoms with E-state index in [9.17, 15) is 4.79 Å². The fourth-order valence-electron chi connectivity index (χ4n) is 2.72. The molecule has 0 radical (unpaired) electrons. The van der Waals surface area contributed by atoms with E-state index < -0.39 is 0 Å². The van der Waals surface area contributed by atoms with Crippen LogP contribution in [0, 0.1) is 0 Å². The standard InChI is InChI=1S/C21H21NOS/c1-16(12-13-17-8-4-2-5-9-17)22-21(23)20-19(14-15-24-20)18-10-6-3-7-11-18/h2-11,14-16H,12-13H2,1H3,(H,22,23)/t16-/m1/s1. The molecule has 0 bridgehead atoms. The molecule has 1 amide bonds. The van der Waals surface area contributed by atoms with Crippen molar-refractivity contribution >= 4 is 17.2 Å². The van der Waals surface area contributed by atoms with Gasteiger partial charge >= 0.3 is 0 Å². The summed E-state index contributed by atoms with van der Waals surface area (Å²) in [5.74, 6) is 0.0180. The van der Waals surface area contributed by atoms with Crippen LogP contribution in [0.4, 0.5) is 0 Å². The number of carbonyl (C=O) groups excluding carboxylic acids is 1. The number of hydrogen-bond donors (Lipinski definition) is 1. The van der Waals surface area contributed by atoms with Gasteiger partial charge in [0.25, 0.3) is 5.91 Å². The molecule has 3 rings (SSSR count). The van der Waals surface area contributed by atoms with Crippen LogP contribution >= 0.6 is 11.3 Å². The minimum atomic E-state index is 0.0180. The molecule has 0 saturated heterocycles. The van der Waals surface area contributed by atoms with Gasteiger partial charge in [-0.05, 0) is 42.3 Å². The molecule has 2 aromatic carbocycles. The molecule has 0 spiro atoms. The maximum atomic E-state index is 12.6. The third-order valence-corrected chi connectivity index (χ3v) is 4.96. The highest BCUT2D eigenvalue weighted by Gasteiger charge is 2.16. The van der Waals surface area contributed by atoms with Crippen molar-refractivity contribution in [2.45, 2.75) is 25.8 Å². The molecule has 0 aliphatic heterocycles. The average Bonchev–Trinajstić information content (AvgIpc) is 3.11. The van der Waals surface area contributed by atoms with Gasteiger partial charge in [0.1, 0.15) is 0 Å². The summed E-state index contributed by atoms with van der Waals surface area (Å²) in [6.45, 7) is 2.07. The van der Waals surface area contributed by atoms with Crippen LogP contribution in [0.3, 0.4) is 0 Å². The van der Waals surface area contributed by atoms with Crippen LogP contribution in [-0.2, 0) is 6.42 Å². The maximum absolute atomic E-state index is 12.6. The second-order valence-corrected chi connectivity index (χ2v) is 6.84. The fraction of sp³-hybridized carbons (Fsp3) is 0.190. The molecule has 24 heavy (non-hydrogen) atoms. The van der Waals surface area contributed by atoms with Crippen LogP contribution < -0.4 is 5.32 Å². The molecule has 2 nitrogen and oxygen atoms in total. The zero-order chi connectivity index (χ0) is 16.8. The lowest BCUT2D eigenvalue weighted by Crippen LogP contribution is -2.32. The first-order valence-electron chi connectivity index (χ1n) is 8.22. The number of benzene rings is 2. The summed E-state index contributed by atoms with van der Waals surface area (Å²) in [6, 6.07) is 22.6. The summed E-state index contributed by atoms with van der Waals surface area (Å²) in [6.07, 6.45) is 1.90. The minimum Gasteiger partial charge on any atom is -0.349 e. The van der Waals surface area contributed by atoms with Gasteiger partial charge < -0.3 is 5.32 Å². The van der Waals surface area contributed by atoms with E-state index in [1.54, 1.807) is 0 Å². The Labute approximate surface area is 147 Å². The predicted octanol–water partition coefficient (Wildman–Crippen LogP) is 5.17. The zero-order valence-electron chi connectivity index (χ0n) is 13.7. The van der Waals surface area contributed by atoms with Gasteiger partial charge in [0, 0.05) is 11.6 Å². The minimum absolute atomic E-state index is 0.0180. The Balaban J connectivity index is 1.62. The topological polar surface area (TPSA) is 29.1 Å². The quantitative estimate of drug-likeness (QED) is 0.662. The molecule has 0 aliphatic carbocycles. The van der Waals surface area contributed by atoms with E-state index in [-0.39, 0.29) is 11.9 Å². The van der Waals surface area contributed by atoms with Crippen molar-refractivity contribution in [3.63, 3.8) is 0 Å². The van der Waals surface area contributed by atoms with Crippen molar-refractivity contribution in [1.29, 1.82) is 0 Å². The first-order valence-corrected chi connectivity index (χ1v) is 9.09. The summed E-state index contributed by atoms with van der Waals surface area (Å²) in [5.41, 5.74) is 3.40. The Morgan fingerprint density at radius 2 is 1.67 bits per heavy atom. The van der Waals surface area contributed by atoms with E-state index in [0.717, 1.165) is 28.8 Å². The molecular formula is C21H21NOS. The second-order valence-electron chi connectivity index (χ2n) is 5.93. The van der Waals surface area contributed by atoms with E-state index >= 15 is 0 Å². The van der Waals surface area contributed by atoms with Crippen LogP contribution in [0.25, 0.3) is 11.1 Å². The molecular weight excluding hydrogens is 314 g/mol. The number of nitrogens with one attached hydrogen (secondary N) is 1. The lowest BCUT2D eigenvalue weighted by atomic mass is 10.0. The maximum Gasteiger partial charge on any atom is 0.262 e. The summed E-state index contributed by atoms with van der Waals surface area (Å²) in [5, 5.41) is 5.11. The molecule has 1 N–H and O–H groups in total. The smallest absolute Gasteiger partial charge is 0.262 e. The van der Waals surface area contributed by atoms with E-state index in [2.05, 4.69) is 36.5 Å². The van der Waals surface area contributed by atoms with Gasteiger partial charge in [-0.15, -0.1) is 11.3 Å². The van der Waals surface area contributed by atoms with Gasteiger partial charge in [-0.2, -0.15) is 0 Å². The second kappa shape index (κ2) is 7.93. The number of hydrogen-bond acceptors (Lipinski definition) is 2. The Morgan fingerprint density at radius 3 is 2.38 bits per heavy atom. The number of aryl methyl sites for hydroxylation is 1. The van der Waals surface area contributed by atoms with Crippen molar-refractivity contribution in [3.05, 3.63) is 82.6 Å². The van der Waals surface area contributed by atoms with Crippen LogP contribution in [0.5, 0.6) is 0 Å². The molecule has 0 fully saturated rings. The molecule has 3 aromatic rings. The molecule has 0 saturated carbocycles. The van der Waals surface area contributed by atoms with Gasteiger partial charge in [-0.1, -0.05) is 60.7 Å². The lowest BCUT2D eigenvalue weighted by molar-refractivity contribution is 0.0943. The van der Waals surface area contributed by atoms with Crippen LogP contribution in [0.15, 0.2) is 72.1 Å². The molecule has 1 atom stereocenters. The monoisotopic (exact) mass is 335 g/mol. The average molecular weight is 335 g/mol. The van der Waals surface area contributed by atoms with Crippen molar-refractivity contribution < 1.29 is 4.79 Å². The van der Waals surface area contributed by atoms with Crippen molar-refractivity contribution in [2.75, 3.05) is 0 Å². The fourth-order valence-corrected chi connectivity index (χ4v) is 3.54. The van der Waals surface area contributed by atoms with Crippen molar-refractivity contribution in [1.82, 2.24) is 5.32 Å². The van der Waals surface area contributed by atoms with Gasteiger partial charge in [0.2, 0.25) is 0 Å². The summed E-state index contributed by atoms with van der Waals surface area (Å²) in [7, 11) is 0. The van der Waals surface area contributed by atoms with Gasteiger partial charge in [-0.3, -0.25) is 4.79 Å². The summed E-state index contributed by atoms with van der Waals surface area (Å²) in [4.78, 5) is 13.4. The Bertz CT molecular complexity index is 780. The number of carbonyl (C=O) groups is 1. The van der Waals surface area contributed by atoms with Crippen molar-refractivity contribution in [2.24, 2.45) is 0 Å². The Kier molecular flexibility index (Phi) is 5.44. The number of amides is 1. The van der Waals surface area contributed by atoms with Gasteiger partial charge in [-0.25, -0.2) is 0 Å². The molecule has 0 aliphatic rings. The van der Waals surface area contributed by atoms with E-state index in [0.29, 0.717) is 0 Å². The third kappa shape index (κ3) is 4.12. The number of rotatable bonds is 6. The Hall–Kier alpha value is -2.39. The highest BCUT2D eigenvalue weighted by molar-refractivity contribution is 7.12. The Morgan fingerprint density at radius 1 is 1.00 bits per heavy atom. The summed E-state index contributed by atoms with van der Waals surface area (Å²) < 4.78 is 0. The van der Waals surface area contributed by atoms with Crippen LogP contribution in [0.1, 0.15) is 28.6 Å². The molecule has 1 aromatic heterocycles. The SMILES string of the molecule is C[C@H](CCc1ccccc1)NC(=O)c1sccc1-c1ccccc1. The predicted molar refractivity (Wildman–Crippen MR) is 101 cm³/mol. The van der Waals surface area contributed by atoms with E-state index in [4.69, 9.17) is 0 Å². The normalized spacial score (nSPS) is 11.9. The summed E-state index contributed by atoms with van der Waals surface area (Å²) >= 11 is 1.50.